The summed E-state index contributed by atoms with van der Waals surface area (Å²) in [6.45, 7) is -0.848. The van der Waals surface area contributed by atoms with E-state index in [1.807, 2.05) is 0 Å². The predicted octanol–water partition coefficient (Wildman–Crippen LogP) is 1.59. The fraction of sp³-hybridized carbons (Fsp3) is 0.167. The lowest BCUT2D eigenvalue weighted by Crippen LogP contribution is -2.14. The van der Waals surface area contributed by atoms with E-state index in [1.165, 1.54) is 24.4 Å². The van der Waals surface area contributed by atoms with Crippen LogP contribution < -0.4 is 0 Å². The predicted molar refractivity (Wildman–Crippen MR) is 61.0 cm³/mol. The van der Waals surface area contributed by atoms with Crippen LogP contribution in [0.25, 0.3) is 10.9 Å². The molecule has 0 radical (unpaired) electrons. The molecule has 1 aromatic carbocycles. The monoisotopic (exact) mass is 251 g/mol. The van der Waals surface area contributed by atoms with E-state index >= 15 is 0 Å². The molecule has 2 rings (SSSR count). The first kappa shape index (κ1) is 12.3. The Hall–Kier alpha value is -2.21. The maximum Gasteiger partial charge on any atom is 0.329 e. The van der Waals surface area contributed by atoms with Gasteiger partial charge in [-0.1, -0.05) is 0 Å². The van der Waals surface area contributed by atoms with Gasteiger partial charge in [-0.25, -0.2) is 9.18 Å². The van der Waals surface area contributed by atoms with Crippen LogP contribution >= 0.6 is 0 Å². The lowest BCUT2D eigenvalue weighted by atomic mass is 10.1. The number of Topliss-reactive ketones (excluding diaryl/α,β-unsaturated/α-hetero) is 1. The Balaban J connectivity index is 2.15. The van der Waals surface area contributed by atoms with E-state index in [4.69, 9.17) is 9.84 Å². The summed E-state index contributed by atoms with van der Waals surface area (Å²) in [5.74, 6) is -1.89. The Morgan fingerprint density at radius 2 is 2.11 bits per heavy atom. The van der Waals surface area contributed by atoms with Gasteiger partial charge in [0.05, 0.1) is 0 Å². The second-order valence-corrected chi connectivity index (χ2v) is 3.70. The summed E-state index contributed by atoms with van der Waals surface area (Å²) < 4.78 is 17.7. The van der Waals surface area contributed by atoms with Crippen molar-refractivity contribution in [3.05, 3.63) is 35.8 Å². The Kier molecular flexibility index (Phi) is 3.38. The fourth-order valence-electron chi connectivity index (χ4n) is 1.64. The normalized spacial score (nSPS) is 10.7. The summed E-state index contributed by atoms with van der Waals surface area (Å²) in [7, 11) is 0. The molecule has 94 valence electrons. The number of hydrogen-bond acceptors (Lipinski definition) is 3. The van der Waals surface area contributed by atoms with E-state index in [0.29, 0.717) is 16.5 Å². The molecule has 0 unspecified atom stereocenters. The lowest BCUT2D eigenvalue weighted by molar-refractivity contribution is -0.141. The number of H-pyrrole nitrogens is 1. The molecule has 0 amide bonds. The molecular formula is C12H10FNO4. The Morgan fingerprint density at radius 1 is 1.33 bits per heavy atom. The van der Waals surface area contributed by atoms with Crippen molar-refractivity contribution in [2.24, 2.45) is 0 Å². The van der Waals surface area contributed by atoms with Crippen LogP contribution in [0.1, 0.15) is 10.4 Å². The zero-order chi connectivity index (χ0) is 13.1. The highest BCUT2D eigenvalue weighted by atomic mass is 19.1. The molecule has 18 heavy (non-hydrogen) atoms. The maximum atomic E-state index is 12.9. The molecule has 0 aliphatic carbocycles. The third kappa shape index (κ3) is 2.54. The first-order valence-electron chi connectivity index (χ1n) is 5.17. The number of nitrogens with one attached hydrogen (secondary N) is 1. The van der Waals surface area contributed by atoms with Crippen LogP contribution in [0.5, 0.6) is 0 Å². The van der Waals surface area contributed by atoms with Crippen molar-refractivity contribution in [1.82, 2.24) is 4.98 Å². The van der Waals surface area contributed by atoms with Crippen molar-refractivity contribution in [2.45, 2.75) is 0 Å². The molecule has 6 heteroatoms. The van der Waals surface area contributed by atoms with Gasteiger partial charge < -0.3 is 14.8 Å². The number of fused-ring (bicyclic) bond motifs is 1. The van der Waals surface area contributed by atoms with Gasteiger partial charge in [0.15, 0.2) is 5.78 Å². The minimum Gasteiger partial charge on any atom is -0.480 e. The molecule has 0 saturated heterocycles. The standard InChI is InChI=1S/C12H10FNO4/c13-7-1-2-8-9(4-14-10(8)3-7)11(15)5-18-6-12(16)17/h1-4,14H,5-6H2,(H,16,17). The number of rotatable bonds is 5. The number of aromatic amines is 1. The lowest BCUT2D eigenvalue weighted by Gasteiger charge is -2.00. The minimum atomic E-state index is -1.14. The number of carboxylic acids is 1. The van der Waals surface area contributed by atoms with Gasteiger partial charge in [0, 0.05) is 22.7 Å². The van der Waals surface area contributed by atoms with Crippen LogP contribution in [0.3, 0.4) is 0 Å². The topological polar surface area (TPSA) is 79.4 Å². The molecule has 0 spiro atoms. The van der Waals surface area contributed by atoms with E-state index in [1.54, 1.807) is 0 Å². The SMILES string of the molecule is O=C(O)COCC(=O)c1c[nH]c2cc(F)ccc12. The molecule has 0 saturated carbocycles. The van der Waals surface area contributed by atoms with Gasteiger partial charge in [-0.15, -0.1) is 0 Å². The number of hydrogen-bond donors (Lipinski definition) is 2. The summed E-state index contributed by atoms with van der Waals surface area (Å²) in [6.07, 6.45) is 1.45. The first-order valence-corrected chi connectivity index (χ1v) is 5.17. The summed E-state index contributed by atoms with van der Waals surface area (Å²) in [5, 5.41) is 8.96. The van der Waals surface area contributed by atoms with Crippen molar-refractivity contribution in [3.63, 3.8) is 0 Å². The quantitative estimate of drug-likeness (QED) is 0.791. The number of carboxylic acid groups (broad SMARTS) is 1. The number of carbonyl (C=O) groups is 2. The second-order valence-electron chi connectivity index (χ2n) is 3.70. The first-order chi connectivity index (χ1) is 8.58. The van der Waals surface area contributed by atoms with Crippen LogP contribution in [0, 0.1) is 5.82 Å². The molecule has 0 bridgehead atoms. The molecular weight excluding hydrogens is 241 g/mol. The van der Waals surface area contributed by atoms with Crippen LogP contribution in [-0.2, 0) is 9.53 Å². The van der Waals surface area contributed by atoms with Crippen molar-refractivity contribution < 1.29 is 23.8 Å². The minimum absolute atomic E-state index is 0.323. The maximum absolute atomic E-state index is 12.9. The van der Waals surface area contributed by atoms with Gasteiger partial charge in [-0.05, 0) is 18.2 Å². The smallest absolute Gasteiger partial charge is 0.329 e. The van der Waals surface area contributed by atoms with Crippen molar-refractivity contribution in [2.75, 3.05) is 13.2 Å². The number of halogens is 1. The zero-order valence-corrected chi connectivity index (χ0v) is 9.27. The van der Waals surface area contributed by atoms with Gasteiger partial charge in [0.25, 0.3) is 0 Å². The summed E-state index contributed by atoms with van der Waals surface area (Å²) in [4.78, 5) is 24.8. The number of carbonyl (C=O) groups excluding carboxylic acids is 1. The number of benzene rings is 1. The molecule has 2 N–H and O–H groups in total. The number of aromatic nitrogens is 1. The highest BCUT2D eigenvalue weighted by molar-refractivity contribution is 6.08. The molecule has 0 aliphatic rings. The molecule has 0 fully saturated rings. The van der Waals surface area contributed by atoms with Crippen LogP contribution in [-0.4, -0.2) is 35.1 Å². The van der Waals surface area contributed by atoms with E-state index in [-0.39, 0.29) is 12.4 Å². The van der Waals surface area contributed by atoms with E-state index in [9.17, 15) is 14.0 Å². The van der Waals surface area contributed by atoms with Crippen LogP contribution in [0.15, 0.2) is 24.4 Å². The number of ether oxygens (including phenoxy) is 1. The van der Waals surface area contributed by atoms with Crippen LogP contribution in [0.4, 0.5) is 4.39 Å². The highest BCUT2D eigenvalue weighted by Crippen LogP contribution is 2.19. The van der Waals surface area contributed by atoms with Crippen molar-refractivity contribution >= 4 is 22.7 Å². The Morgan fingerprint density at radius 3 is 2.83 bits per heavy atom. The molecule has 2 aromatic rings. The number of ketones is 1. The van der Waals surface area contributed by atoms with Crippen LogP contribution in [0.2, 0.25) is 0 Å². The molecule has 1 heterocycles. The Bertz CT molecular complexity index is 605. The molecule has 0 atom stereocenters. The summed E-state index contributed by atoms with van der Waals surface area (Å²) in [5.41, 5.74) is 0.868. The summed E-state index contributed by atoms with van der Waals surface area (Å²) in [6, 6.07) is 4.03. The molecule has 0 aliphatic heterocycles. The summed E-state index contributed by atoms with van der Waals surface area (Å²) >= 11 is 0. The van der Waals surface area contributed by atoms with E-state index in [2.05, 4.69) is 4.98 Å². The van der Waals surface area contributed by atoms with Gasteiger partial charge in [0.2, 0.25) is 0 Å². The van der Waals surface area contributed by atoms with Crippen molar-refractivity contribution in [1.29, 1.82) is 0 Å². The number of aliphatic carboxylic acids is 1. The van der Waals surface area contributed by atoms with Crippen molar-refractivity contribution in [3.8, 4) is 0 Å². The average molecular weight is 251 g/mol. The molecule has 5 nitrogen and oxygen atoms in total. The van der Waals surface area contributed by atoms with E-state index < -0.39 is 18.4 Å². The van der Waals surface area contributed by atoms with Gasteiger partial charge in [-0.3, -0.25) is 4.79 Å². The van der Waals surface area contributed by atoms with E-state index in [0.717, 1.165) is 0 Å². The van der Waals surface area contributed by atoms with Gasteiger partial charge >= 0.3 is 5.97 Å². The third-order valence-electron chi connectivity index (χ3n) is 2.40. The average Bonchev–Trinajstić information content (AvgIpc) is 2.71. The highest BCUT2D eigenvalue weighted by Gasteiger charge is 2.13. The zero-order valence-electron chi connectivity index (χ0n) is 9.27. The molecule has 1 aromatic heterocycles. The largest absolute Gasteiger partial charge is 0.480 e. The second kappa shape index (κ2) is 4.97. The Labute approximate surface area is 101 Å². The van der Waals surface area contributed by atoms with Gasteiger partial charge in [0.1, 0.15) is 19.0 Å². The third-order valence-corrected chi connectivity index (χ3v) is 2.40. The van der Waals surface area contributed by atoms with Gasteiger partial charge in [-0.2, -0.15) is 0 Å². The fourth-order valence-corrected chi connectivity index (χ4v) is 1.64.